The number of rotatable bonds is 4. The Morgan fingerprint density at radius 3 is 2.62 bits per heavy atom. The van der Waals surface area contributed by atoms with E-state index in [1.54, 1.807) is 12.1 Å². The highest BCUT2D eigenvalue weighted by Gasteiger charge is 2.00. The summed E-state index contributed by atoms with van der Waals surface area (Å²) in [5.74, 6) is -0.205. The second-order valence-electron chi connectivity index (χ2n) is 5.06. The van der Waals surface area contributed by atoms with Gasteiger partial charge in [-0.25, -0.2) is 4.39 Å². The maximum Gasteiger partial charge on any atom is 0.170 e. The van der Waals surface area contributed by atoms with Gasteiger partial charge in [-0.2, -0.15) is 0 Å². The Morgan fingerprint density at radius 2 is 1.90 bits per heavy atom. The van der Waals surface area contributed by atoms with E-state index in [2.05, 4.69) is 36.6 Å². The number of halogens is 1. The van der Waals surface area contributed by atoms with Crippen molar-refractivity contribution in [3.8, 4) is 0 Å². The lowest BCUT2D eigenvalue weighted by Crippen LogP contribution is -2.30. The van der Waals surface area contributed by atoms with Crippen LogP contribution in [0.15, 0.2) is 42.5 Å². The maximum absolute atomic E-state index is 13.1. The molecule has 0 fully saturated rings. The molecule has 0 unspecified atom stereocenters. The first-order valence-corrected chi connectivity index (χ1v) is 7.32. The number of thiocarbonyl (C=S) groups is 1. The molecular formula is C17H19FN2S. The molecule has 0 spiro atoms. The van der Waals surface area contributed by atoms with Gasteiger partial charge in [0.15, 0.2) is 5.11 Å². The van der Waals surface area contributed by atoms with Crippen molar-refractivity contribution in [3.63, 3.8) is 0 Å². The number of hydrogen-bond donors (Lipinski definition) is 2. The van der Waals surface area contributed by atoms with Crippen LogP contribution in [0.1, 0.15) is 16.7 Å². The van der Waals surface area contributed by atoms with Crippen molar-refractivity contribution in [2.24, 2.45) is 0 Å². The van der Waals surface area contributed by atoms with Crippen LogP contribution >= 0.6 is 12.2 Å². The molecule has 2 rings (SSSR count). The number of nitrogens with one attached hydrogen (secondary N) is 2. The van der Waals surface area contributed by atoms with Gasteiger partial charge in [-0.15, -0.1) is 0 Å². The van der Waals surface area contributed by atoms with E-state index in [4.69, 9.17) is 12.2 Å². The Morgan fingerprint density at radius 1 is 1.10 bits per heavy atom. The molecule has 0 amide bonds. The van der Waals surface area contributed by atoms with E-state index < -0.39 is 0 Å². The second kappa shape index (κ2) is 7.18. The van der Waals surface area contributed by atoms with E-state index in [0.29, 0.717) is 11.7 Å². The molecule has 0 heterocycles. The predicted molar refractivity (Wildman–Crippen MR) is 90.2 cm³/mol. The number of anilines is 1. The average Bonchev–Trinajstić information content (AvgIpc) is 2.43. The molecule has 2 aromatic carbocycles. The van der Waals surface area contributed by atoms with Gasteiger partial charge in [-0.3, -0.25) is 0 Å². The van der Waals surface area contributed by atoms with Gasteiger partial charge >= 0.3 is 0 Å². The highest BCUT2D eigenvalue weighted by molar-refractivity contribution is 7.80. The Bertz CT molecular complexity index is 640. The van der Waals surface area contributed by atoms with E-state index >= 15 is 0 Å². The lowest BCUT2D eigenvalue weighted by atomic mass is 10.1. The number of hydrogen-bond acceptors (Lipinski definition) is 1. The van der Waals surface area contributed by atoms with Gasteiger partial charge < -0.3 is 10.6 Å². The zero-order valence-corrected chi connectivity index (χ0v) is 13.1. The van der Waals surface area contributed by atoms with Crippen molar-refractivity contribution < 1.29 is 4.39 Å². The highest BCUT2D eigenvalue weighted by atomic mass is 32.1. The second-order valence-corrected chi connectivity index (χ2v) is 5.47. The van der Waals surface area contributed by atoms with Crippen LogP contribution in [-0.4, -0.2) is 11.7 Å². The summed E-state index contributed by atoms with van der Waals surface area (Å²) < 4.78 is 13.1. The van der Waals surface area contributed by atoms with Crippen molar-refractivity contribution in [1.29, 1.82) is 0 Å². The fraction of sp³-hybridized carbons (Fsp3) is 0.235. The van der Waals surface area contributed by atoms with E-state index in [9.17, 15) is 4.39 Å². The summed E-state index contributed by atoms with van der Waals surface area (Å²) in [6.07, 6.45) is 0.729. The molecule has 0 atom stereocenters. The third-order valence-electron chi connectivity index (χ3n) is 3.35. The Hall–Kier alpha value is -1.94. The molecule has 2 N–H and O–H groups in total. The van der Waals surface area contributed by atoms with Crippen LogP contribution in [0.5, 0.6) is 0 Å². The molecule has 4 heteroatoms. The van der Waals surface area contributed by atoms with Gasteiger partial charge in [0.25, 0.3) is 0 Å². The third-order valence-corrected chi connectivity index (χ3v) is 3.60. The van der Waals surface area contributed by atoms with Crippen LogP contribution in [0.3, 0.4) is 0 Å². The molecule has 0 radical (unpaired) electrons. The van der Waals surface area contributed by atoms with Crippen molar-refractivity contribution >= 4 is 23.0 Å². The van der Waals surface area contributed by atoms with Gasteiger partial charge in [-0.1, -0.05) is 18.2 Å². The zero-order valence-electron chi connectivity index (χ0n) is 12.2. The predicted octanol–water partition coefficient (Wildman–Crippen LogP) is 3.97. The molecule has 0 saturated carbocycles. The topological polar surface area (TPSA) is 24.1 Å². The lowest BCUT2D eigenvalue weighted by Gasteiger charge is -2.12. The average molecular weight is 302 g/mol. The summed E-state index contributed by atoms with van der Waals surface area (Å²) >= 11 is 5.26. The molecule has 2 aromatic rings. The van der Waals surface area contributed by atoms with Crippen LogP contribution in [0.4, 0.5) is 10.1 Å². The summed E-state index contributed by atoms with van der Waals surface area (Å²) in [6.45, 7) is 4.82. The first-order valence-electron chi connectivity index (χ1n) is 6.91. The molecule has 0 aliphatic carbocycles. The number of benzene rings is 2. The monoisotopic (exact) mass is 302 g/mol. The Balaban J connectivity index is 1.81. The van der Waals surface area contributed by atoms with Crippen LogP contribution in [0.25, 0.3) is 0 Å². The van der Waals surface area contributed by atoms with Gasteiger partial charge in [-0.05, 0) is 73.4 Å². The minimum Gasteiger partial charge on any atom is -0.362 e. The third kappa shape index (κ3) is 4.83. The minimum atomic E-state index is -0.205. The van der Waals surface area contributed by atoms with Crippen molar-refractivity contribution in [1.82, 2.24) is 5.32 Å². The van der Waals surface area contributed by atoms with Crippen molar-refractivity contribution in [2.45, 2.75) is 20.3 Å². The molecular weight excluding hydrogens is 283 g/mol. The zero-order chi connectivity index (χ0) is 15.2. The molecule has 0 aliphatic rings. The maximum atomic E-state index is 13.1. The molecule has 2 nitrogen and oxygen atoms in total. The lowest BCUT2D eigenvalue weighted by molar-refractivity contribution is 0.625. The largest absolute Gasteiger partial charge is 0.362 e. The van der Waals surface area contributed by atoms with Crippen molar-refractivity contribution in [2.75, 3.05) is 11.9 Å². The van der Waals surface area contributed by atoms with Gasteiger partial charge in [0.1, 0.15) is 5.82 Å². The first-order chi connectivity index (χ1) is 10.0. The summed E-state index contributed by atoms with van der Waals surface area (Å²) in [4.78, 5) is 0. The summed E-state index contributed by atoms with van der Waals surface area (Å²) in [6, 6.07) is 12.7. The van der Waals surface area contributed by atoms with Crippen LogP contribution in [0.2, 0.25) is 0 Å². The van der Waals surface area contributed by atoms with Gasteiger partial charge in [0.05, 0.1) is 0 Å². The van der Waals surface area contributed by atoms with Crippen molar-refractivity contribution in [3.05, 3.63) is 65.0 Å². The summed E-state index contributed by atoms with van der Waals surface area (Å²) in [5, 5.41) is 6.86. The number of aryl methyl sites for hydroxylation is 2. The summed E-state index contributed by atoms with van der Waals surface area (Å²) in [7, 11) is 0. The normalized spacial score (nSPS) is 10.2. The molecule has 21 heavy (non-hydrogen) atoms. The Kier molecular flexibility index (Phi) is 5.28. The smallest absolute Gasteiger partial charge is 0.170 e. The fourth-order valence-electron chi connectivity index (χ4n) is 2.01. The summed E-state index contributed by atoms with van der Waals surface area (Å²) in [5.41, 5.74) is 4.41. The van der Waals surface area contributed by atoms with Crippen LogP contribution < -0.4 is 10.6 Å². The first kappa shape index (κ1) is 15.4. The SMILES string of the molecule is Cc1ccc(NC(=S)NCCc2cccc(F)c2)cc1C. The standard InChI is InChI=1S/C17H19FN2S/c1-12-6-7-16(10-13(12)2)20-17(21)19-9-8-14-4-3-5-15(18)11-14/h3-7,10-11H,8-9H2,1-2H3,(H2,19,20,21). The van der Waals surface area contributed by atoms with Crippen LogP contribution in [-0.2, 0) is 6.42 Å². The quantitative estimate of drug-likeness (QED) is 0.836. The van der Waals surface area contributed by atoms with Crippen LogP contribution in [0, 0.1) is 19.7 Å². The molecule has 0 aromatic heterocycles. The molecule has 0 saturated heterocycles. The molecule has 110 valence electrons. The molecule has 0 aliphatic heterocycles. The fourth-order valence-corrected chi connectivity index (χ4v) is 2.23. The Labute approximate surface area is 130 Å². The molecule has 0 bridgehead atoms. The van der Waals surface area contributed by atoms with Gasteiger partial charge in [0.2, 0.25) is 0 Å². The van der Waals surface area contributed by atoms with E-state index in [1.165, 1.54) is 17.2 Å². The van der Waals surface area contributed by atoms with E-state index in [1.807, 2.05) is 12.1 Å². The van der Waals surface area contributed by atoms with Gasteiger partial charge in [0, 0.05) is 12.2 Å². The highest BCUT2D eigenvalue weighted by Crippen LogP contribution is 2.13. The van der Waals surface area contributed by atoms with E-state index in [-0.39, 0.29) is 5.82 Å². The van der Waals surface area contributed by atoms with E-state index in [0.717, 1.165) is 17.7 Å². The minimum absolute atomic E-state index is 0.205.